The van der Waals surface area contributed by atoms with Crippen LogP contribution in [-0.4, -0.2) is 50.0 Å². The molecule has 5 nitrogen and oxygen atoms in total. The zero-order valence-corrected chi connectivity index (χ0v) is 15.0. The largest absolute Gasteiger partial charge is 0.391 e. The molecule has 1 aromatic carbocycles. The molecule has 0 aromatic heterocycles. The van der Waals surface area contributed by atoms with Crippen molar-refractivity contribution in [3.63, 3.8) is 0 Å². The molecule has 2 aliphatic heterocycles. The van der Waals surface area contributed by atoms with E-state index >= 15 is 0 Å². The van der Waals surface area contributed by atoms with Crippen LogP contribution in [0.5, 0.6) is 0 Å². The number of β-amino-alcohol motifs (C(OH)–C–C–N with tert-alkyl or cyclic N) is 1. The van der Waals surface area contributed by atoms with E-state index in [0.717, 1.165) is 12.1 Å². The molecule has 2 atom stereocenters. The van der Waals surface area contributed by atoms with Crippen LogP contribution in [0.2, 0.25) is 5.02 Å². The molecule has 7 heteroatoms. The molecule has 3 rings (SSSR count). The number of aliphatic hydroxyl groups is 1. The van der Waals surface area contributed by atoms with Crippen LogP contribution in [0, 0.1) is 5.92 Å². The molecule has 134 valence electrons. The Morgan fingerprint density at radius 3 is 2.75 bits per heavy atom. The average Bonchev–Trinajstić information content (AvgIpc) is 2.98. The van der Waals surface area contributed by atoms with Crippen molar-refractivity contribution in [2.75, 3.05) is 32.8 Å². The Balaban J connectivity index is 0.00000208. The van der Waals surface area contributed by atoms with E-state index in [4.69, 9.17) is 16.3 Å². The molecule has 3 N–H and O–H groups in total. The van der Waals surface area contributed by atoms with Crippen LogP contribution in [0.3, 0.4) is 0 Å². The van der Waals surface area contributed by atoms with Crippen LogP contribution >= 0.6 is 24.0 Å². The fourth-order valence-corrected chi connectivity index (χ4v) is 3.66. The first-order valence-electron chi connectivity index (χ1n) is 8.13. The van der Waals surface area contributed by atoms with E-state index in [1.54, 1.807) is 0 Å². The maximum atomic E-state index is 13.0. The van der Waals surface area contributed by atoms with E-state index < -0.39 is 11.5 Å². The van der Waals surface area contributed by atoms with Crippen molar-refractivity contribution < 1.29 is 14.6 Å². The van der Waals surface area contributed by atoms with E-state index in [1.807, 2.05) is 24.3 Å². The van der Waals surface area contributed by atoms with Gasteiger partial charge in [0.1, 0.15) is 0 Å². The number of hydrogen-bond acceptors (Lipinski definition) is 4. The number of rotatable bonds is 4. The zero-order valence-electron chi connectivity index (χ0n) is 13.5. The highest BCUT2D eigenvalue weighted by molar-refractivity contribution is 6.30. The molecular formula is C17H24Cl2N2O3. The monoisotopic (exact) mass is 374 g/mol. The van der Waals surface area contributed by atoms with Gasteiger partial charge in [-0.3, -0.25) is 4.79 Å². The van der Waals surface area contributed by atoms with Crippen molar-refractivity contribution in [2.45, 2.75) is 24.4 Å². The number of benzene rings is 1. The summed E-state index contributed by atoms with van der Waals surface area (Å²) in [5.41, 5.74) is 0.344. The molecular weight excluding hydrogens is 351 g/mol. The lowest BCUT2D eigenvalue weighted by Crippen LogP contribution is -2.49. The Morgan fingerprint density at radius 1 is 1.38 bits per heavy atom. The van der Waals surface area contributed by atoms with Gasteiger partial charge in [-0.15, -0.1) is 12.4 Å². The lowest BCUT2D eigenvalue weighted by molar-refractivity contribution is -0.130. The second kappa shape index (κ2) is 8.50. The molecule has 2 saturated heterocycles. The Morgan fingerprint density at radius 2 is 2.12 bits per heavy atom. The lowest BCUT2D eigenvalue weighted by Gasteiger charge is -2.36. The van der Waals surface area contributed by atoms with Crippen LogP contribution in [0.1, 0.15) is 18.4 Å². The number of hydrogen-bond donors (Lipinski definition) is 3. The van der Waals surface area contributed by atoms with Crippen molar-refractivity contribution in [1.29, 1.82) is 0 Å². The van der Waals surface area contributed by atoms with Crippen molar-refractivity contribution in [1.82, 2.24) is 10.6 Å². The van der Waals surface area contributed by atoms with E-state index in [-0.39, 0.29) is 24.2 Å². The molecule has 0 aliphatic carbocycles. The second-order valence-electron chi connectivity index (χ2n) is 6.40. The topological polar surface area (TPSA) is 70.6 Å². The highest BCUT2D eigenvalue weighted by Crippen LogP contribution is 2.36. The minimum atomic E-state index is -0.597. The predicted molar refractivity (Wildman–Crippen MR) is 95.8 cm³/mol. The van der Waals surface area contributed by atoms with Gasteiger partial charge >= 0.3 is 0 Å². The summed E-state index contributed by atoms with van der Waals surface area (Å²) < 4.78 is 5.46. The summed E-state index contributed by atoms with van der Waals surface area (Å²) in [5.74, 6) is 0.0670. The van der Waals surface area contributed by atoms with Gasteiger partial charge in [0.2, 0.25) is 5.91 Å². The van der Waals surface area contributed by atoms with E-state index in [9.17, 15) is 9.90 Å². The fraction of sp³-hybridized carbons (Fsp3) is 0.588. The molecule has 2 heterocycles. The summed E-state index contributed by atoms with van der Waals surface area (Å²) in [6.07, 6.45) is 0.891. The van der Waals surface area contributed by atoms with Gasteiger partial charge in [-0.1, -0.05) is 23.7 Å². The van der Waals surface area contributed by atoms with Crippen molar-refractivity contribution in [2.24, 2.45) is 5.92 Å². The van der Waals surface area contributed by atoms with Crippen LogP contribution in [-0.2, 0) is 14.9 Å². The van der Waals surface area contributed by atoms with Crippen LogP contribution in [0.4, 0.5) is 0 Å². The Kier molecular flexibility index (Phi) is 6.89. The fourth-order valence-electron chi connectivity index (χ4n) is 3.47. The van der Waals surface area contributed by atoms with Gasteiger partial charge in [-0.05, 0) is 30.5 Å². The Hall–Kier alpha value is -0.850. The van der Waals surface area contributed by atoms with E-state index in [2.05, 4.69) is 10.6 Å². The normalized spacial score (nSPS) is 25.8. The quantitative estimate of drug-likeness (QED) is 0.746. The third kappa shape index (κ3) is 4.03. The number of aliphatic hydroxyl groups excluding tert-OH is 1. The first-order chi connectivity index (χ1) is 11.1. The molecule has 24 heavy (non-hydrogen) atoms. The molecule has 0 saturated carbocycles. The number of halogens is 2. The van der Waals surface area contributed by atoms with Gasteiger partial charge in [0.15, 0.2) is 0 Å². The molecule has 0 bridgehead atoms. The molecule has 1 amide bonds. The van der Waals surface area contributed by atoms with Gasteiger partial charge in [0, 0.05) is 43.8 Å². The summed E-state index contributed by atoms with van der Waals surface area (Å²) in [7, 11) is 0. The number of carbonyl (C=O) groups excluding carboxylic acids is 1. The first kappa shape index (κ1) is 19.5. The second-order valence-corrected chi connectivity index (χ2v) is 6.84. The van der Waals surface area contributed by atoms with E-state index in [0.29, 0.717) is 44.2 Å². The number of carbonyl (C=O) groups is 1. The molecule has 2 unspecified atom stereocenters. The van der Waals surface area contributed by atoms with Gasteiger partial charge in [-0.25, -0.2) is 0 Å². The highest BCUT2D eigenvalue weighted by atomic mass is 35.5. The third-order valence-corrected chi connectivity index (χ3v) is 5.22. The Bertz CT molecular complexity index is 565. The van der Waals surface area contributed by atoms with E-state index in [1.165, 1.54) is 0 Å². The standard InChI is InChI=1S/C17H23ClN2O3.ClH/c18-14-3-1-2-13(8-14)17(4-6-23-7-5-17)16(22)20-10-12-9-19-11-15(12)21;/h1-3,8,12,15,19,21H,4-7,9-11H2,(H,20,22);1H. The molecule has 2 fully saturated rings. The summed E-state index contributed by atoms with van der Waals surface area (Å²) in [6, 6.07) is 7.53. The predicted octanol–water partition coefficient (Wildman–Crippen LogP) is 1.51. The number of amides is 1. The molecule has 2 aliphatic rings. The summed E-state index contributed by atoms with van der Waals surface area (Å²) >= 11 is 6.13. The minimum Gasteiger partial charge on any atom is -0.391 e. The zero-order chi connectivity index (χ0) is 16.3. The van der Waals surface area contributed by atoms with Crippen LogP contribution < -0.4 is 10.6 Å². The SMILES string of the molecule is Cl.O=C(NCC1CNCC1O)C1(c2cccc(Cl)c2)CCOCC1. The van der Waals surface area contributed by atoms with Crippen LogP contribution in [0.15, 0.2) is 24.3 Å². The van der Waals surface area contributed by atoms with Crippen molar-refractivity contribution >= 4 is 29.9 Å². The van der Waals surface area contributed by atoms with Crippen molar-refractivity contribution in [3.05, 3.63) is 34.9 Å². The summed E-state index contributed by atoms with van der Waals surface area (Å²) in [6.45, 7) is 2.93. The minimum absolute atomic E-state index is 0. The number of nitrogens with one attached hydrogen (secondary N) is 2. The summed E-state index contributed by atoms with van der Waals surface area (Å²) in [5, 5.41) is 16.7. The Labute approximate surface area is 153 Å². The van der Waals surface area contributed by atoms with Gasteiger partial charge < -0.3 is 20.5 Å². The van der Waals surface area contributed by atoms with Gasteiger partial charge in [0.25, 0.3) is 0 Å². The third-order valence-electron chi connectivity index (χ3n) is 4.99. The van der Waals surface area contributed by atoms with Crippen molar-refractivity contribution in [3.8, 4) is 0 Å². The van der Waals surface area contributed by atoms with Crippen LogP contribution in [0.25, 0.3) is 0 Å². The smallest absolute Gasteiger partial charge is 0.230 e. The average molecular weight is 375 g/mol. The van der Waals surface area contributed by atoms with Gasteiger partial charge in [0.05, 0.1) is 11.5 Å². The molecule has 0 radical (unpaired) electrons. The first-order valence-corrected chi connectivity index (χ1v) is 8.50. The lowest BCUT2D eigenvalue weighted by atomic mass is 9.73. The summed E-state index contributed by atoms with van der Waals surface area (Å²) in [4.78, 5) is 13.0. The highest BCUT2D eigenvalue weighted by Gasteiger charge is 2.42. The maximum Gasteiger partial charge on any atom is 0.230 e. The maximum absolute atomic E-state index is 13.0. The molecule has 1 aromatic rings. The van der Waals surface area contributed by atoms with Gasteiger partial charge in [-0.2, -0.15) is 0 Å². The molecule has 0 spiro atoms. The number of ether oxygens (including phenoxy) is 1.